The maximum Gasteiger partial charge on any atom is 0.243 e. The fourth-order valence-electron chi connectivity index (χ4n) is 2.19. The first-order chi connectivity index (χ1) is 10.4. The molecule has 0 N–H and O–H groups in total. The largest absolute Gasteiger partial charge is 0.272 e. The number of benzene rings is 1. The SMILES string of the molecule is CCN(Cc1cn(CC)nc1C)S(=O)(=O)c1ccc(Cl)cc1. The number of rotatable bonds is 6. The van der Waals surface area contributed by atoms with Crippen molar-refractivity contribution in [2.24, 2.45) is 0 Å². The highest BCUT2D eigenvalue weighted by Crippen LogP contribution is 2.21. The summed E-state index contributed by atoms with van der Waals surface area (Å²) in [5.41, 5.74) is 1.77. The number of nitrogens with zero attached hydrogens (tertiary/aromatic N) is 3. The molecule has 1 aromatic carbocycles. The van der Waals surface area contributed by atoms with Crippen molar-refractivity contribution in [2.45, 2.75) is 38.8 Å². The summed E-state index contributed by atoms with van der Waals surface area (Å²) in [6.45, 7) is 7.18. The highest BCUT2D eigenvalue weighted by atomic mass is 35.5. The van der Waals surface area contributed by atoms with E-state index in [1.54, 1.807) is 12.1 Å². The molecule has 0 unspecified atom stereocenters. The third-order valence-electron chi connectivity index (χ3n) is 3.52. The van der Waals surface area contributed by atoms with Gasteiger partial charge in [0.2, 0.25) is 10.0 Å². The van der Waals surface area contributed by atoms with Crippen molar-refractivity contribution in [1.29, 1.82) is 0 Å². The fourth-order valence-corrected chi connectivity index (χ4v) is 3.74. The molecule has 0 aliphatic rings. The summed E-state index contributed by atoms with van der Waals surface area (Å²) in [6, 6.07) is 6.23. The molecule has 0 aliphatic carbocycles. The molecule has 22 heavy (non-hydrogen) atoms. The minimum Gasteiger partial charge on any atom is -0.272 e. The van der Waals surface area contributed by atoms with E-state index in [9.17, 15) is 8.42 Å². The van der Waals surface area contributed by atoms with Crippen molar-refractivity contribution < 1.29 is 8.42 Å². The van der Waals surface area contributed by atoms with E-state index in [0.717, 1.165) is 17.8 Å². The van der Waals surface area contributed by atoms with Gasteiger partial charge in [-0.05, 0) is 38.1 Å². The lowest BCUT2D eigenvalue weighted by molar-refractivity contribution is 0.422. The number of hydrogen-bond acceptors (Lipinski definition) is 3. The lowest BCUT2D eigenvalue weighted by Gasteiger charge is -2.20. The molecule has 1 aromatic heterocycles. The van der Waals surface area contributed by atoms with E-state index in [2.05, 4.69) is 5.10 Å². The third-order valence-corrected chi connectivity index (χ3v) is 5.71. The van der Waals surface area contributed by atoms with E-state index < -0.39 is 10.0 Å². The second-order valence-corrected chi connectivity index (χ2v) is 7.35. The molecule has 0 bridgehead atoms. The molecule has 5 nitrogen and oxygen atoms in total. The lowest BCUT2D eigenvalue weighted by atomic mass is 10.2. The lowest BCUT2D eigenvalue weighted by Crippen LogP contribution is -2.30. The van der Waals surface area contributed by atoms with Gasteiger partial charge < -0.3 is 0 Å². The van der Waals surface area contributed by atoms with E-state index in [-0.39, 0.29) is 4.90 Å². The first kappa shape index (κ1) is 17.0. The van der Waals surface area contributed by atoms with E-state index in [0.29, 0.717) is 18.1 Å². The second kappa shape index (κ2) is 6.81. The van der Waals surface area contributed by atoms with Crippen LogP contribution in [0.5, 0.6) is 0 Å². The maximum atomic E-state index is 12.7. The fraction of sp³-hybridized carbons (Fsp3) is 0.400. The average Bonchev–Trinajstić information content (AvgIpc) is 2.85. The van der Waals surface area contributed by atoms with Crippen LogP contribution in [0.25, 0.3) is 0 Å². The van der Waals surface area contributed by atoms with Gasteiger partial charge >= 0.3 is 0 Å². The zero-order chi connectivity index (χ0) is 16.3. The smallest absolute Gasteiger partial charge is 0.243 e. The molecular formula is C15H20ClN3O2S. The molecular weight excluding hydrogens is 322 g/mol. The Morgan fingerprint density at radius 3 is 2.36 bits per heavy atom. The van der Waals surface area contributed by atoms with Crippen molar-refractivity contribution in [3.8, 4) is 0 Å². The molecule has 0 aliphatic heterocycles. The van der Waals surface area contributed by atoms with Crippen molar-refractivity contribution >= 4 is 21.6 Å². The highest BCUT2D eigenvalue weighted by molar-refractivity contribution is 7.89. The Labute approximate surface area is 136 Å². The number of aromatic nitrogens is 2. The number of sulfonamides is 1. The summed E-state index contributed by atoms with van der Waals surface area (Å²) in [7, 11) is -3.54. The summed E-state index contributed by atoms with van der Waals surface area (Å²) >= 11 is 5.83. The zero-order valence-corrected chi connectivity index (χ0v) is 14.5. The van der Waals surface area contributed by atoms with E-state index >= 15 is 0 Å². The normalized spacial score (nSPS) is 12.0. The highest BCUT2D eigenvalue weighted by Gasteiger charge is 2.24. The molecule has 0 spiro atoms. The van der Waals surface area contributed by atoms with E-state index in [1.165, 1.54) is 16.4 Å². The van der Waals surface area contributed by atoms with Crippen LogP contribution in [0.15, 0.2) is 35.4 Å². The molecule has 2 aromatic rings. The van der Waals surface area contributed by atoms with E-state index in [4.69, 9.17) is 11.6 Å². The molecule has 0 fully saturated rings. The molecule has 0 atom stereocenters. The van der Waals surface area contributed by atoms with Gasteiger partial charge in [-0.25, -0.2) is 8.42 Å². The van der Waals surface area contributed by atoms with Crippen LogP contribution in [0.1, 0.15) is 25.1 Å². The first-order valence-corrected chi connectivity index (χ1v) is 8.99. The predicted molar refractivity (Wildman–Crippen MR) is 87.4 cm³/mol. The van der Waals surface area contributed by atoms with Gasteiger partial charge in [0.15, 0.2) is 0 Å². The summed E-state index contributed by atoms with van der Waals surface area (Å²) < 4.78 is 28.7. The van der Waals surface area contributed by atoms with Gasteiger partial charge in [0.1, 0.15) is 0 Å². The zero-order valence-electron chi connectivity index (χ0n) is 13.0. The van der Waals surface area contributed by atoms with Gasteiger partial charge in [0.25, 0.3) is 0 Å². The molecule has 0 radical (unpaired) electrons. The molecule has 0 amide bonds. The standard InChI is InChI=1S/C15H20ClN3O2S/c1-4-18-10-13(12(3)17-18)11-19(5-2)22(20,21)15-8-6-14(16)7-9-15/h6-10H,4-5,11H2,1-3H3. The van der Waals surface area contributed by atoms with Gasteiger partial charge in [-0.1, -0.05) is 18.5 Å². The molecule has 120 valence electrons. The van der Waals surface area contributed by atoms with E-state index in [1.807, 2.05) is 31.6 Å². The Balaban J connectivity index is 2.30. The van der Waals surface area contributed by atoms with Crippen LogP contribution in [0.3, 0.4) is 0 Å². The van der Waals surface area contributed by atoms with Gasteiger partial charge in [-0.3, -0.25) is 4.68 Å². The van der Waals surface area contributed by atoms with Crippen molar-refractivity contribution in [2.75, 3.05) is 6.54 Å². The van der Waals surface area contributed by atoms with Gasteiger partial charge in [0.05, 0.1) is 10.6 Å². The van der Waals surface area contributed by atoms with Crippen LogP contribution in [0, 0.1) is 6.92 Å². The number of hydrogen-bond donors (Lipinski definition) is 0. The number of aryl methyl sites for hydroxylation is 2. The topological polar surface area (TPSA) is 55.2 Å². The second-order valence-electron chi connectivity index (χ2n) is 4.98. The minimum absolute atomic E-state index is 0.249. The van der Waals surface area contributed by atoms with Gasteiger partial charge in [0, 0.05) is 36.4 Å². The maximum absolute atomic E-state index is 12.7. The van der Waals surface area contributed by atoms with Crippen molar-refractivity contribution in [1.82, 2.24) is 14.1 Å². The molecule has 7 heteroatoms. The van der Waals surface area contributed by atoms with Crippen LogP contribution >= 0.6 is 11.6 Å². The van der Waals surface area contributed by atoms with Crippen LogP contribution in [-0.2, 0) is 23.1 Å². The first-order valence-electron chi connectivity index (χ1n) is 7.17. The molecule has 1 heterocycles. The molecule has 0 saturated heterocycles. The van der Waals surface area contributed by atoms with Crippen LogP contribution < -0.4 is 0 Å². The summed E-state index contributed by atoms with van der Waals surface area (Å²) in [5, 5.41) is 4.88. The Morgan fingerprint density at radius 1 is 1.23 bits per heavy atom. The monoisotopic (exact) mass is 341 g/mol. The summed E-state index contributed by atoms with van der Waals surface area (Å²) in [6.07, 6.45) is 1.90. The quantitative estimate of drug-likeness (QED) is 0.811. The van der Waals surface area contributed by atoms with Gasteiger partial charge in [-0.15, -0.1) is 0 Å². The summed E-state index contributed by atoms with van der Waals surface area (Å²) in [4.78, 5) is 0.249. The number of halogens is 1. The minimum atomic E-state index is -3.54. The van der Waals surface area contributed by atoms with Gasteiger partial charge in [-0.2, -0.15) is 9.40 Å². The van der Waals surface area contributed by atoms with Crippen LogP contribution in [-0.4, -0.2) is 29.0 Å². The Hall–Kier alpha value is -1.37. The Morgan fingerprint density at radius 2 is 1.86 bits per heavy atom. The molecule has 0 saturated carbocycles. The molecule has 2 rings (SSSR count). The van der Waals surface area contributed by atoms with Crippen LogP contribution in [0.4, 0.5) is 0 Å². The third kappa shape index (κ3) is 3.51. The predicted octanol–water partition coefficient (Wildman–Crippen LogP) is 3.08. The average molecular weight is 342 g/mol. The van der Waals surface area contributed by atoms with Crippen molar-refractivity contribution in [3.63, 3.8) is 0 Å². The Kier molecular flexibility index (Phi) is 5.26. The van der Waals surface area contributed by atoms with Crippen molar-refractivity contribution in [3.05, 3.63) is 46.7 Å². The van der Waals surface area contributed by atoms with Crippen LogP contribution in [0.2, 0.25) is 5.02 Å². The summed E-state index contributed by atoms with van der Waals surface area (Å²) in [5.74, 6) is 0. The Bertz CT molecular complexity index is 739.